The summed E-state index contributed by atoms with van der Waals surface area (Å²) in [4.78, 5) is 15.2. The molecule has 2 aliphatic heterocycles. The summed E-state index contributed by atoms with van der Waals surface area (Å²) in [6, 6.07) is 1.53. The van der Waals surface area contributed by atoms with Gasteiger partial charge in [-0.2, -0.15) is 0 Å². The van der Waals surface area contributed by atoms with Gasteiger partial charge in [0, 0.05) is 45.7 Å². The van der Waals surface area contributed by atoms with Gasteiger partial charge in [-0.1, -0.05) is 23.2 Å². The monoisotopic (exact) mass is 446 g/mol. The van der Waals surface area contributed by atoms with E-state index in [0.29, 0.717) is 43.2 Å². The molecule has 9 heteroatoms. The number of ether oxygens (including phenoxy) is 3. The van der Waals surface area contributed by atoms with E-state index in [4.69, 9.17) is 42.5 Å². The Balaban J connectivity index is 1.66. The highest BCUT2D eigenvalue weighted by atomic mass is 35.5. The molecule has 1 aromatic carbocycles. The molecule has 162 valence electrons. The summed E-state index contributed by atoms with van der Waals surface area (Å²) in [7, 11) is 1.69. The molecule has 1 aromatic rings. The molecule has 3 rings (SSSR count). The van der Waals surface area contributed by atoms with Gasteiger partial charge in [-0.25, -0.2) is 0 Å². The SMILES string of the molecule is COC1CN(CCCO)CCC1CNC(=O)c1cc(Cl)c(Cl)c2c1OCCCO2. The second-order valence-electron chi connectivity index (χ2n) is 7.34. The van der Waals surface area contributed by atoms with Crippen LogP contribution in [0.15, 0.2) is 6.07 Å². The third-order valence-corrected chi connectivity index (χ3v) is 6.17. The number of nitrogens with zero attached hydrogens (tertiary/aromatic N) is 1. The highest BCUT2D eigenvalue weighted by Gasteiger charge is 2.30. The maximum absolute atomic E-state index is 12.9. The molecule has 0 spiro atoms. The van der Waals surface area contributed by atoms with Crippen molar-refractivity contribution in [1.82, 2.24) is 10.2 Å². The lowest BCUT2D eigenvalue weighted by Crippen LogP contribution is -2.48. The maximum atomic E-state index is 12.9. The van der Waals surface area contributed by atoms with E-state index in [1.54, 1.807) is 7.11 Å². The van der Waals surface area contributed by atoms with Gasteiger partial charge in [0.25, 0.3) is 5.91 Å². The molecule has 0 radical (unpaired) electrons. The summed E-state index contributed by atoms with van der Waals surface area (Å²) in [6.45, 7) is 4.13. The third-order valence-electron chi connectivity index (χ3n) is 5.40. The minimum atomic E-state index is -0.275. The number of halogens is 2. The maximum Gasteiger partial charge on any atom is 0.255 e. The lowest BCUT2D eigenvalue weighted by atomic mass is 9.93. The van der Waals surface area contributed by atoms with Crippen LogP contribution in [0.3, 0.4) is 0 Å². The molecule has 1 amide bonds. The van der Waals surface area contributed by atoms with E-state index in [0.717, 1.165) is 32.5 Å². The fourth-order valence-electron chi connectivity index (χ4n) is 3.78. The van der Waals surface area contributed by atoms with Crippen molar-refractivity contribution in [1.29, 1.82) is 0 Å². The van der Waals surface area contributed by atoms with Gasteiger partial charge in [-0.3, -0.25) is 4.79 Å². The number of piperidine rings is 1. The molecule has 0 aromatic heterocycles. The predicted molar refractivity (Wildman–Crippen MR) is 111 cm³/mol. The van der Waals surface area contributed by atoms with Gasteiger partial charge < -0.3 is 29.5 Å². The van der Waals surface area contributed by atoms with Crippen molar-refractivity contribution in [3.8, 4) is 11.5 Å². The highest BCUT2D eigenvalue weighted by molar-refractivity contribution is 6.43. The van der Waals surface area contributed by atoms with Crippen molar-refractivity contribution < 1.29 is 24.1 Å². The Morgan fingerprint density at radius 2 is 2.10 bits per heavy atom. The highest BCUT2D eigenvalue weighted by Crippen LogP contribution is 2.44. The average molecular weight is 447 g/mol. The van der Waals surface area contributed by atoms with Crippen LogP contribution in [-0.4, -0.2) is 75.1 Å². The molecule has 0 aliphatic carbocycles. The van der Waals surface area contributed by atoms with Gasteiger partial charge in [0.2, 0.25) is 0 Å². The molecular formula is C20H28Cl2N2O5. The second-order valence-corrected chi connectivity index (χ2v) is 8.12. The van der Waals surface area contributed by atoms with Gasteiger partial charge in [0.1, 0.15) is 5.02 Å². The van der Waals surface area contributed by atoms with E-state index in [1.807, 2.05) is 0 Å². The molecule has 2 aliphatic rings. The summed E-state index contributed by atoms with van der Waals surface area (Å²) < 4.78 is 17.1. The Labute approximate surface area is 181 Å². The predicted octanol–water partition coefficient (Wildman–Crippen LogP) is 2.60. The van der Waals surface area contributed by atoms with Gasteiger partial charge in [0.05, 0.1) is 29.9 Å². The average Bonchev–Trinajstić information content (AvgIpc) is 2.99. The standard InChI is InChI=1S/C20H28Cl2N2O5/c1-27-16-12-24(5-2-7-25)6-4-13(16)11-23-20(26)14-10-15(21)17(22)19-18(14)28-8-3-9-29-19/h10,13,16,25H,2-9,11-12H2,1H3,(H,23,26). The Morgan fingerprint density at radius 1 is 1.34 bits per heavy atom. The molecule has 1 fully saturated rings. The van der Waals surface area contributed by atoms with Gasteiger partial charge in [-0.15, -0.1) is 0 Å². The van der Waals surface area contributed by atoms with Crippen LogP contribution in [0.25, 0.3) is 0 Å². The van der Waals surface area contributed by atoms with Crippen LogP contribution in [0.4, 0.5) is 0 Å². The van der Waals surface area contributed by atoms with E-state index in [-0.39, 0.29) is 34.6 Å². The fourth-order valence-corrected chi connectivity index (χ4v) is 4.17. The summed E-state index contributed by atoms with van der Waals surface area (Å²) in [5.41, 5.74) is 0.325. The summed E-state index contributed by atoms with van der Waals surface area (Å²) >= 11 is 12.5. The Morgan fingerprint density at radius 3 is 2.83 bits per heavy atom. The zero-order valence-electron chi connectivity index (χ0n) is 16.6. The first-order chi connectivity index (χ1) is 14.0. The van der Waals surface area contributed by atoms with Crippen LogP contribution >= 0.6 is 23.2 Å². The molecular weight excluding hydrogens is 419 g/mol. The number of nitrogens with one attached hydrogen (secondary N) is 1. The minimum absolute atomic E-state index is 0.0215. The van der Waals surface area contributed by atoms with E-state index in [2.05, 4.69) is 10.2 Å². The van der Waals surface area contributed by atoms with Crippen LogP contribution in [0.2, 0.25) is 10.0 Å². The van der Waals surface area contributed by atoms with Crippen LogP contribution in [-0.2, 0) is 4.74 Å². The lowest BCUT2D eigenvalue weighted by molar-refractivity contribution is -0.0116. The van der Waals surface area contributed by atoms with Gasteiger partial charge >= 0.3 is 0 Å². The first-order valence-corrected chi connectivity index (χ1v) is 10.7. The zero-order chi connectivity index (χ0) is 20.8. The molecule has 7 nitrogen and oxygen atoms in total. The molecule has 2 unspecified atom stereocenters. The topological polar surface area (TPSA) is 80.3 Å². The van der Waals surface area contributed by atoms with E-state index in [1.165, 1.54) is 6.07 Å². The van der Waals surface area contributed by atoms with Crippen molar-refractivity contribution in [2.75, 3.05) is 53.1 Å². The van der Waals surface area contributed by atoms with E-state index >= 15 is 0 Å². The number of rotatable bonds is 7. The smallest absolute Gasteiger partial charge is 0.255 e. The second kappa shape index (κ2) is 10.7. The number of likely N-dealkylation sites (tertiary alicyclic amines) is 1. The number of hydrogen-bond acceptors (Lipinski definition) is 6. The minimum Gasteiger partial charge on any atom is -0.489 e. The first-order valence-electron chi connectivity index (χ1n) is 9.97. The van der Waals surface area contributed by atoms with Crippen molar-refractivity contribution in [3.05, 3.63) is 21.7 Å². The number of methoxy groups -OCH3 is 1. The van der Waals surface area contributed by atoms with Gasteiger partial charge in [0.15, 0.2) is 11.5 Å². The molecule has 29 heavy (non-hydrogen) atoms. The molecule has 1 saturated heterocycles. The van der Waals surface area contributed by atoms with Crippen molar-refractivity contribution in [2.45, 2.75) is 25.4 Å². The number of aliphatic hydroxyl groups is 1. The first kappa shape index (κ1) is 22.4. The Hall–Kier alpha value is -1.25. The zero-order valence-corrected chi connectivity index (χ0v) is 18.1. The number of amides is 1. The van der Waals surface area contributed by atoms with Crippen LogP contribution in [0.1, 0.15) is 29.6 Å². The quantitative estimate of drug-likeness (QED) is 0.669. The number of benzene rings is 1. The summed E-state index contributed by atoms with van der Waals surface area (Å²) in [5.74, 6) is 0.598. The molecule has 2 N–H and O–H groups in total. The van der Waals surface area contributed by atoms with E-state index < -0.39 is 0 Å². The molecule has 0 bridgehead atoms. The number of fused-ring (bicyclic) bond motifs is 1. The van der Waals surface area contributed by atoms with Crippen molar-refractivity contribution >= 4 is 29.1 Å². The number of hydrogen-bond donors (Lipinski definition) is 2. The third kappa shape index (κ3) is 5.47. The van der Waals surface area contributed by atoms with Crippen molar-refractivity contribution in [3.63, 3.8) is 0 Å². The lowest BCUT2D eigenvalue weighted by Gasteiger charge is -2.37. The fraction of sp³-hybridized carbons (Fsp3) is 0.650. The molecule has 2 atom stereocenters. The molecule has 2 heterocycles. The number of carbonyl (C=O) groups is 1. The van der Waals surface area contributed by atoms with E-state index in [9.17, 15) is 4.79 Å². The number of carbonyl (C=O) groups excluding carboxylic acids is 1. The van der Waals surface area contributed by atoms with Crippen LogP contribution < -0.4 is 14.8 Å². The van der Waals surface area contributed by atoms with Crippen LogP contribution in [0, 0.1) is 5.92 Å². The van der Waals surface area contributed by atoms with Crippen molar-refractivity contribution in [2.24, 2.45) is 5.92 Å². The summed E-state index contributed by atoms with van der Waals surface area (Å²) in [5, 5.41) is 12.5. The normalized spacial score (nSPS) is 22.2. The number of aliphatic hydroxyl groups excluding tert-OH is 1. The Bertz CT molecular complexity index is 719. The molecule has 0 saturated carbocycles. The largest absolute Gasteiger partial charge is 0.489 e. The summed E-state index contributed by atoms with van der Waals surface area (Å²) in [6.07, 6.45) is 2.38. The Kier molecular flexibility index (Phi) is 8.26. The van der Waals surface area contributed by atoms with Crippen LogP contribution in [0.5, 0.6) is 11.5 Å². The van der Waals surface area contributed by atoms with Gasteiger partial charge in [-0.05, 0) is 25.5 Å².